The lowest BCUT2D eigenvalue weighted by Gasteiger charge is -2.36. The molecule has 0 spiro atoms. The number of hydrogen-bond donors (Lipinski definition) is 4. The van der Waals surface area contributed by atoms with Gasteiger partial charge in [0.05, 0.1) is 35.1 Å². The van der Waals surface area contributed by atoms with Crippen LogP contribution in [0.3, 0.4) is 0 Å². The number of likely N-dealkylation sites (tertiary alicyclic amines) is 1. The Morgan fingerprint density at radius 3 is 2.49 bits per heavy atom. The van der Waals surface area contributed by atoms with E-state index in [2.05, 4.69) is 31.2 Å². The van der Waals surface area contributed by atoms with Crippen molar-refractivity contribution in [3.63, 3.8) is 0 Å². The Hall–Kier alpha value is -3.67. The zero-order chi connectivity index (χ0) is 31.5. The van der Waals surface area contributed by atoms with Crippen LogP contribution in [0.2, 0.25) is 10.0 Å². The molecule has 1 aliphatic heterocycles. The molecule has 3 atom stereocenters. The standard InChI is InChI=1S/C30H37Cl2N7O4/c1-16(33-5)27(40)38-25(30(2,3)4)29(42)39-11-7-8-23(39)28(41)37-22-13-18-21(14-24(22)43-6)34-15-35-26(18)36-20-10-9-17(31)12-19(20)32/h9-10,12-16,23,25,33H,7-8,11H2,1-6H3,(H,37,41)(H,38,40)(H,34,35,36)/t16-,23-,25+/m0/s1. The zero-order valence-electron chi connectivity index (χ0n) is 25.0. The summed E-state index contributed by atoms with van der Waals surface area (Å²) in [5, 5.41) is 13.5. The van der Waals surface area contributed by atoms with Gasteiger partial charge in [-0.1, -0.05) is 44.0 Å². The summed E-state index contributed by atoms with van der Waals surface area (Å²) >= 11 is 12.4. The van der Waals surface area contributed by atoms with Crippen LogP contribution in [0.4, 0.5) is 17.2 Å². The first kappa shape index (κ1) is 32.2. The average Bonchev–Trinajstić information content (AvgIpc) is 3.46. The Morgan fingerprint density at radius 1 is 1.09 bits per heavy atom. The third kappa shape index (κ3) is 7.29. The van der Waals surface area contributed by atoms with Crippen LogP contribution >= 0.6 is 23.2 Å². The molecule has 2 aromatic carbocycles. The summed E-state index contributed by atoms with van der Waals surface area (Å²) in [5.74, 6) is -0.0926. The van der Waals surface area contributed by atoms with Gasteiger partial charge in [-0.25, -0.2) is 9.97 Å². The molecule has 3 amide bonds. The second kappa shape index (κ2) is 13.3. The topological polar surface area (TPSA) is 138 Å². The molecule has 0 unspecified atom stereocenters. The number of benzene rings is 2. The molecule has 11 nitrogen and oxygen atoms in total. The van der Waals surface area contributed by atoms with Gasteiger partial charge in [0.15, 0.2) is 0 Å². The third-order valence-electron chi connectivity index (χ3n) is 7.46. The van der Waals surface area contributed by atoms with Gasteiger partial charge in [-0.15, -0.1) is 0 Å². The van der Waals surface area contributed by atoms with Crippen LogP contribution in [0.25, 0.3) is 10.9 Å². The highest BCUT2D eigenvalue weighted by Crippen LogP contribution is 2.35. The third-order valence-corrected chi connectivity index (χ3v) is 8.01. The summed E-state index contributed by atoms with van der Waals surface area (Å²) in [6.45, 7) is 7.78. The van der Waals surface area contributed by atoms with Gasteiger partial charge in [0, 0.05) is 23.0 Å². The van der Waals surface area contributed by atoms with Crippen molar-refractivity contribution < 1.29 is 19.1 Å². The average molecular weight is 631 g/mol. The zero-order valence-corrected chi connectivity index (χ0v) is 26.6. The van der Waals surface area contributed by atoms with Gasteiger partial charge in [-0.2, -0.15) is 0 Å². The monoisotopic (exact) mass is 629 g/mol. The Balaban J connectivity index is 1.61. The predicted molar refractivity (Wildman–Crippen MR) is 169 cm³/mol. The first-order valence-electron chi connectivity index (χ1n) is 14.0. The van der Waals surface area contributed by atoms with Crippen molar-refractivity contribution in [3.8, 4) is 5.75 Å². The van der Waals surface area contributed by atoms with E-state index in [1.807, 2.05) is 20.8 Å². The van der Waals surface area contributed by atoms with Crippen LogP contribution in [0, 0.1) is 5.41 Å². The van der Waals surface area contributed by atoms with Crippen molar-refractivity contribution in [2.45, 2.75) is 58.7 Å². The molecule has 0 radical (unpaired) electrons. The molecule has 0 aliphatic carbocycles. The summed E-state index contributed by atoms with van der Waals surface area (Å²) in [6.07, 6.45) is 2.55. The number of fused-ring (bicyclic) bond motifs is 1. The molecule has 230 valence electrons. The Bertz CT molecular complexity index is 1530. The fraction of sp³-hybridized carbons (Fsp3) is 0.433. The SMILES string of the molecule is CN[C@@H](C)C(=O)N[C@H](C(=O)N1CCC[C@H]1C(=O)Nc1cc2c(Nc3ccc(Cl)cc3Cl)ncnc2cc1OC)C(C)(C)C. The number of halogens is 2. The number of anilines is 3. The second-order valence-corrected chi connectivity index (χ2v) is 12.4. The number of likely N-dealkylation sites (N-methyl/N-ethyl adjacent to an activating group) is 1. The van der Waals surface area contributed by atoms with Crippen LogP contribution in [-0.4, -0.2) is 71.4 Å². The molecule has 4 N–H and O–H groups in total. The van der Waals surface area contributed by atoms with Gasteiger partial charge in [0.25, 0.3) is 0 Å². The molecular formula is C30H37Cl2N7O4. The minimum atomic E-state index is -0.815. The van der Waals surface area contributed by atoms with Crippen LogP contribution in [-0.2, 0) is 14.4 Å². The Morgan fingerprint density at radius 2 is 1.84 bits per heavy atom. The molecule has 43 heavy (non-hydrogen) atoms. The first-order valence-corrected chi connectivity index (χ1v) is 14.7. The molecule has 13 heteroatoms. The number of rotatable bonds is 9. The van der Waals surface area contributed by atoms with Gasteiger partial charge in [0.1, 0.15) is 30.0 Å². The molecule has 1 fully saturated rings. The van der Waals surface area contributed by atoms with Crippen molar-refractivity contribution in [3.05, 3.63) is 46.7 Å². The van der Waals surface area contributed by atoms with Gasteiger partial charge in [-0.05, 0) is 56.5 Å². The molecule has 3 aromatic rings. The maximum Gasteiger partial charge on any atom is 0.247 e. The number of carbonyl (C=O) groups is 3. The molecule has 4 rings (SSSR count). The van der Waals surface area contributed by atoms with E-state index < -0.39 is 23.5 Å². The van der Waals surface area contributed by atoms with Crippen molar-refractivity contribution in [2.75, 3.05) is 31.3 Å². The van der Waals surface area contributed by atoms with Crippen LogP contribution in [0.5, 0.6) is 5.75 Å². The number of carbonyl (C=O) groups excluding carboxylic acids is 3. The number of amides is 3. The summed E-state index contributed by atoms with van der Waals surface area (Å²) in [7, 11) is 3.18. The van der Waals surface area contributed by atoms with E-state index in [0.29, 0.717) is 63.3 Å². The summed E-state index contributed by atoms with van der Waals surface area (Å²) in [5.41, 5.74) is 0.983. The predicted octanol–water partition coefficient (Wildman–Crippen LogP) is 4.76. The smallest absolute Gasteiger partial charge is 0.247 e. The van der Waals surface area contributed by atoms with E-state index in [-0.39, 0.29) is 17.7 Å². The van der Waals surface area contributed by atoms with E-state index in [9.17, 15) is 14.4 Å². The normalized spacial score (nSPS) is 16.5. The van der Waals surface area contributed by atoms with Crippen molar-refractivity contribution in [1.82, 2.24) is 25.5 Å². The van der Waals surface area contributed by atoms with E-state index in [1.165, 1.54) is 13.4 Å². The molecule has 1 aliphatic rings. The highest BCUT2D eigenvalue weighted by atomic mass is 35.5. The van der Waals surface area contributed by atoms with Gasteiger partial charge >= 0.3 is 0 Å². The first-order chi connectivity index (χ1) is 20.3. The molecule has 1 aromatic heterocycles. The number of nitrogens with one attached hydrogen (secondary N) is 4. The van der Waals surface area contributed by atoms with Crippen molar-refractivity contribution >= 4 is 69.0 Å². The summed E-state index contributed by atoms with van der Waals surface area (Å²) < 4.78 is 5.58. The maximum atomic E-state index is 13.8. The number of hydrogen-bond acceptors (Lipinski definition) is 8. The van der Waals surface area contributed by atoms with Crippen LogP contribution in [0.1, 0.15) is 40.5 Å². The van der Waals surface area contributed by atoms with Crippen LogP contribution < -0.4 is 26.0 Å². The number of methoxy groups -OCH3 is 1. The van der Waals surface area contributed by atoms with Gasteiger partial charge in [0.2, 0.25) is 17.7 Å². The molecule has 1 saturated heterocycles. The van der Waals surface area contributed by atoms with Crippen molar-refractivity contribution in [2.24, 2.45) is 5.41 Å². The molecule has 0 saturated carbocycles. The van der Waals surface area contributed by atoms with Crippen LogP contribution in [0.15, 0.2) is 36.7 Å². The minimum Gasteiger partial charge on any atom is -0.494 e. The molecular weight excluding hydrogens is 593 g/mol. The quantitative estimate of drug-likeness (QED) is 0.266. The van der Waals surface area contributed by atoms with E-state index in [1.54, 1.807) is 49.2 Å². The van der Waals surface area contributed by atoms with Crippen molar-refractivity contribution in [1.29, 1.82) is 0 Å². The van der Waals surface area contributed by atoms with E-state index in [4.69, 9.17) is 27.9 Å². The molecule has 2 heterocycles. The lowest BCUT2D eigenvalue weighted by molar-refractivity contribution is -0.143. The lowest BCUT2D eigenvalue weighted by atomic mass is 9.85. The second-order valence-electron chi connectivity index (χ2n) is 11.5. The number of nitrogens with zero attached hydrogens (tertiary/aromatic N) is 3. The minimum absolute atomic E-state index is 0.289. The highest BCUT2D eigenvalue weighted by Gasteiger charge is 2.42. The summed E-state index contributed by atoms with van der Waals surface area (Å²) in [4.78, 5) is 50.5. The lowest BCUT2D eigenvalue weighted by Crippen LogP contribution is -2.59. The maximum absolute atomic E-state index is 13.8. The summed E-state index contributed by atoms with van der Waals surface area (Å²) in [6, 6.07) is 6.47. The fourth-order valence-corrected chi connectivity index (χ4v) is 5.36. The number of aromatic nitrogens is 2. The molecule has 0 bridgehead atoms. The Labute approximate surface area is 261 Å². The van der Waals surface area contributed by atoms with E-state index >= 15 is 0 Å². The fourth-order valence-electron chi connectivity index (χ4n) is 4.90. The van der Waals surface area contributed by atoms with E-state index in [0.717, 1.165) is 0 Å². The number of ether oxygens (including phenoxy) is 1. The Kier molecular flexibility index (Phi) is 9.99. The van der Waals surface area contributed by atoms with Gasteiger partial charge < -0.3 is 30.9 Å². The largest absolute Gasteiger partial charge is 0.494 e. The van der Waals surface area contributed by atoms with Gasteiger partial charge in [-0.3, -0.25) is 14.4 Å². The highest BCUT2D eigenvalue weighted by molar-refractivity contribution is 6.36.